The summed E-state index contributed by atoms with van der Waals surface area (Å²) in [7, 11) is 0. The van der Waals surface area contributed by atoms with Crippen molar-refractivity contribution in [2.45, 2.75) is 25.7 Å². The quantitative estimate of drug-likeness (QED) is 0.814. The Bertz CT molecular complexity index is 679. The lowest BCUT2D eigenvalue weighted by Gasteiger charge is -2.21. The van der Waals surface area contributed by atoms with E-state index < -0.39 is 6.29 Å². The van der Waals surface area contributed by atoms with Gasteiger partial charge in [-0.1, -0.05) is 12.1 Å². The first-order valence-electron chi connectivity index (χ1n) is 7.20. The van der Waals surface area contributed by atoms with Gasteiger partial charge in [-0.25, -0.2) is 9.37 Å². The van der Waals surface area contributed by atoms with Crippen LogP contribution in [0.5, 0.6) is 0 Å². The van der Waals surface area contributed by atoms with E-state index in [1.807, 2.05) is 10.8 Å². The fourth-order valence-electron chi connectivity index (χ4n) is 2.54. The van der Waals surface area contributed by atoms with E-state index in [0.717, 1.165) is 5.56 Å². The lowest BCUT2D eigenvalue weighted by Crippen LogP contribution is -2.16. The molecule has 114 valence electrons. The Labute approximate surface area is 128 Å². The van der Waals surface area contributed by atoms with E-state index >= 15 is 0 Å². The van der Waals surface area contributed by atoms with Crippen LogP contribution in [0.2, 0.25) is 0 Å². The largest absolute Gasteiger partial charge is 0.343 e. The summed E-state index contributed by atoms with van der Waals surface area (Å²) in [5.74, 6) is 6.46. The predicted octanol–water partition coefficient (Wildman–Crippen LogP) is 3.07. The van der Waals surface area contributed by atoms with Crippen molar-refractivity contribution in [1.82, 2.24) is 9.55 Å². The Morgan fingerprint density at radius 1 is 1.32 bits per heavy atom. The lowest BCUT2D eigenvalue weighted by atomic mass is 10.0. The lowest BCUT2D eigenvalue weighted by molar-refractivity contribution is -0.0534. The molecule has 1 saturated heterocycles. The van der Waals surface area contributed by atoms with Gasteiger partial charge >= 0.3 is 0 Å². The number of benzene rings is 1. The Hall–Kier alpha value is -2.16. The molecule has 1 aliphatic heterocycles. The zero-order valence-electron chi connectivity index (χ0n) is 12.3. The van der Waals surface area contributed by atoms with E-state index in [2.05, 4.69) is 16.8 Å². The molecule has 1 atom stereocenters. The third-order valence-corrected chi connectivity index (χ3v) is 3.59. The van der Waals surface area contributed by atoms with Gasteiger partial charge < -0.3 is 14.0 Å². The number of nitrogens with zero attached hydrogens (tertiary/aromatic N) is 2. The zero-order valence-corrected chi connectivity index (χ0v) is 12.3. The van der Waals surface area contributed by atoms with Crippen LogP contribution >= 0.6 is 0 Å². The highest BCUT2D eigenvalue weighted by atomic mass is 19.1. The summed E-state index contributed by atoms with van der Waals surface area (Å²) in [6.07, 6.45) is 3.76. The molecule has 22 heavy (non-hydrogen) atoms. The van der Waals surface area contributed by atoms with Crippen molar-refractivity contribution < 1.29 is 13.9 Å². The minimum atomic E-state index is -0.451. The number of hydrogen-bond acceptors (Lipinski definition) is 3. The number of aromatic nitrogens is 2. The summed E-state index contributed by atoms with van der Waals surface area (Å²) >= 11 is 0. The number of halogens is 1. The molecule has 1 aliphatic rings. The first-order valence-corrected chi connectivity index (χ1v) is 7.20. The van der Waals surface area contributed by atoms with Gasteiger partial charge in [0, 0.05) is 18.8 Å². The summed E-state index contributed by atoms with van der Waals surface area (Å²) in [4.78, 5) is 4.36. The molecule has 1 fully saturated rings. The van der Waals surface area contributed by atoms with Crippen LogP contribution in [0, 0.1) is 17.7 Å². The van der Waals surface area contributed by atoms with Crippen LogP contribution in [-0.2, 0) is 9.47 Å². The first-order chi connectivity index (χ1) is 10.8. The number of rotatable bonds is 4. The van der Waals surface area contributed by atoms with E-state index in [1.165, 1.54) is 12.1 Å². The van der Waals surface area contributed by atoms with Crippen molar-refractivity contribution in [3.63, 3.8) is 0 Å². The van der Waals surface area contributed by atoms with Crippen LogP contribution in [0.4, 0.5) is 4.39 Å². The molecule has 3 rings (SSSR count). The summed E-state index contributed by atoms with van der Waals surface area (Å²) in [6, 6.07) is 6.41. The van der Waals surface area contributed by atoms with Gasteiger partial charge in [-0.2, -0.15) is 0 Å². The van der Waals surface area contributed by atoms with E-state index in [0.29, 0.717) is 25.5 Å². The van der Waals surface area contributed by atoms with Crippen LogP contribution in [0.25, 0.3) is 0 Å². The molecule has 0 radical (unpaired) electrons. The third-order valence-electron chi connectivity index (χ3n) is 3.59. The van der Waals surface area contributed by atoms with E-state index in [4.69, 9.17) is 9.47 Å². The zero-order chi connectivity index (χ0) is 15.4. The van der Waals surface area contributed by atoms with E-state index in [1.54, 1.807) is 25.3 Å². The van der Waals surface area contributed by atoms with Crippen LogP contribution in [-0.4, -0.2) is 22.8 Å². The Morgan fingerprint density at radius 2 is 2.05 bits per heavy atom. The minimum Gasteiger partial charge on any atom is -0.343 e. The van der Waals surface area contributed by atoms with Gasteiger partial charge in [-0.3, -0.25) is 0 Å². The smallest absolute Gasteiger partial charge is 0.217 e. The SMILES string of the molecule is CC#CCC(c1ccc(F)cc1)n1ccnc1C1OCCO1. The second kappa shape index (κ2) is 6.73. The van der Waals surface area contributed by atoms with Gasteiger partial charge in [0.2, 0.25) is 6.29 Å². The monoisotopic (exact) mass is 300 g/mol. The average Bonchev–Trinajstić information content (AvgIpc) is 3.20. The maximum absolute atomic E-state index is 13.2. The predicted molar refractivity (Wildman–Crippen MR) is 79.5 cm³/mol. The maximum Gasteiger partial charge on any atom is 0.217 e. The normalized spacial score (nSPS) is 16.3. The summed E-state index contributed by atoms with van der Waals surface area (Å²) in [5.41, 5.74) is 0.974. The second-order valence-corrected chi connectivity index (χ2v) is 4.96. The van der Waals surface area contributed by atoms with Crippen molar-refractivity contribution in [3.8, 4) is 11.8 Å². The highest BCUT2D eigenvalue weighted by Crippen LogP contribution is 2.29. The molecule has 2 aromatic rings. The third kappa shape index (κ3) is 3.03. The van der Waals surface area contributed by atoms with Gasteiger partial charge in [0.15, 0.2) is 5.82 Å². The molecule has 1 unspecified atom stereocenters. The van der Waals surface area contributed by atoms with Crippen LogP contribution in [0.15, 0.2) is 36.7 Å². The molecule has 0 spiro atoms. The molecule has 0 aliphatic carbocycles. The summed E-state index contributed by atoms with van der Waals surface area (Å²) < 4.78 is 26.3. The summed E-state index contributed by atoms with van der Waals surface area (Å²) in [5, 5.41) is 0. The minimum absolute atomic E-state index is 0.0571. The number of imidazole rings is 1. The molecule has 1 aromatic carbocycles. The molecule has 0 saturated carbocycles. The number of hydrogen-bond donors (Lipinski definition) is 0. The van der Waals surface area contributed by atoms with Crippen molar-refractivity contribution in [2.75, 3.05) is 13.2 Å². The molecule has 5 heteroatoms. The highest BCUT2D eigenvalue weighted by Gasteiger charge is 2.26. The van der Waals surface area contributed by atoms with Crippen LogP contribution in [0.1, 0.15) is 37.1 Å². The molecule has 0 bridgehead atoms. The topological polar surface area (TPSA) is 36.3 Å². The summed E-state index contributed by atoms with van der Waals surface area (Å²) in [6.45, 7) is 2.93. The standard InChI is InChI=1S/C17H17FN2O2/c1-2-3-4-15(13-5-7-14(18)8-6-13)20-10-9-19-16(20)17-21-11-12-22-17/h5-10,15,17H,4,11-12H2,1H3. The van der Waals surface area contributed by atoms with E-state index in [-0.39, 0.29) is 11.9 Å². The maximum atomic E-state index is 13.2. The van der Waals surface area contributed by atoms with Gasteiger partial charge in [0.25, 0.3) is 0 Å². The van der Waals surface area contributed by atoms with Gasteiger partial charge in [-0.15, -0.1) is 11.8 Å². The van der Waals surface area contributed by atoms with Crippen molar-refractivity contribution in [1.29, 1.82) is 0 Å². The molecular formula is C17H17FN2O2. The first kappa shape index (κ1) is 14.8. The molecule has 2 heterocycles. The van der Waals surface area contributed by atoms with Gasteiger partial charge in [0.1, 0.15) is 5.82 Å². The molecule has 0 N–H and O–H groups in total. The van der Waals surface area contributed by atoms with Crippen LogP contribution in [0.3, 0.4) is 0 Å². The van der Waals surface area contributed by atoms with Gasteiger partial charge in [0.05, 0.1) is 19.3 Å². The number of ether oxygens (including phenoxy) is 2. The molecule has 0 amide bonds. The average molecular weight is 300 g/mol. The highest BCUT2D eigenvalue weighted by molar-refractivity contribution is 5.24. The van der Waals surface area contributed by atoms with Crippen molar-refractivity contribution in [2.24, 2.45) is 0 Å². The molecular weight excluding hydrogens is 283 g/mol. The Kier molecular flexibility index (Phi) is 4.52. The second-order valence-electron chi connectivity index (χ2n) is 4.96. The van der Waals surface area contributed by atoms with Crippen molar-refractivity contribution in [3.05, 3.63) is 53.9 Å². The fraction of sp³-hybridized carbons (Fsp3) is 0.353. The van der Waals surface area contributed by atoms with Gasteiger partial charge in [-0.05, 0) is 24.6 Å². The Balaban J connectivity index is 1.96. The Morgan fingerprint density at radius 3 is 2.73 bits per heavy atom. The van der Waals surface area contributed by atoms with Crippen molar-refractivity contribution >= 4 is 0 Å². The van der Waals surface area contributed by atoms with E-state index in [9.17, 15) is 4.39 Å². The van der Waals surface area contributed by atoms with Crippen LogP contribution < -0.4 is 0 Å². The fourth-order valence-corrected chi connectivity index (χ4v) is 2.54. The molecule has 1 aromatic heterocycles. The molecule has 4 nitrogen and oxygen atoms in total.